The number of aromatic nitrogens is 1. The molecular weight excluding hydrogens is 222 g/mol. The Bertz CT molecular complexity index is 630. The number of benzene rings is 1. The number of ether oxygens (including phenoxy) is 1. The second kappa shape index (κ2) is 4.29. The fourth-order valence-electron chi connectivity index (χ4n) is 1.66. The van der Waals surface area contributed by atoms with Crippen molar-refractivity contribution >= 4 is 16.9 Å². The highest BCUT2D eigenvalue weighted by molar-refractivity contribution is 5.81. The Morgan fingerprint density at radius 1 is 1.47 bits per heavy atom. The van der Waals surface area contributed by atoms with E-state index >= 15 is 0 Å². The van der Waals surface area contributed by atoms with Gasteiger partial charge in [0, 0.05) is 22.7 Å². The third-order valence-corrected chi connectivity index (χ3v) is 2.51. The molecule has 1 heterocycles. The fraction of sp³-hybridized carbons (Fsp3) is 0.167. The number of aromatic amines is 1. The van der Waals surface area contributed by atoms with Crippen LogP contribution in [0.3, 0.4) is 0 Å². The van der Waals surface area contributed by atoms with E-state index in [0.29, 0.717) is 16.7 Å². The van der Waals surface area contributed by atoms with Gasteiger partial charge in [-0.05, 0) is 18.2 Å². The topological polar surface area (TPSA) is 79.4 Å². The van der Waals surface area contributed by atoms with Crippen LogP contribution in [-0.4, -0.2) is 23.2 Å². The molecule has 2 N–H and O–H groups in total. The minimum atomic E-state index is -1.03. The second-order valence-corrected chi connectivity index (χ2v) is 3.63. The normalized spacial score (nSPS) is 10.4. The van der Waals surface area contributed by atoms with E-state index in [4.69, 9.17) is 9.84 Å². The first-order valence-corrected chi connectivity index (χ1v) is 5.02. The van der Waals surface area contributed by atoms with Crippen molar-refractivity contribution in [3.63, 3.8) is 0 Å². The lowest BCUT2D eigenvalue weighted by Crippen LogP contribution is -2.14. The number of aliphatic carboxylic acids is 1. The predicted molar refractivity (Wildman–Crippen MR) is 62.5 cm³/mol. The Labute approximate surface area is 96.7 Å². The van der Waals surface area contributed by atoms with Crippen LogP contribution in [-0.2, 0) is 11.2 Å². The maximum absolute atomic E-state index is 12.0. The Hall–Kier alpha value is -2.30. The van der Waals surface area contributed by atoms with Gasteiger partial charge in [0.25, 0.3) is 0 Å². The summed E-state index contributed by atoms with van der Waals surface area (Å²) in [6.45, 7) is 0. The van der Waals surface area contributed by atoms with Gasteiger partial charge in [-0.15, -0.1) is 0 Å². The number of methoxy groups -OCH3 is 1. The van der Waals surface area contributed by atoms with Crippen LogP contribution >= 0.6 is 0 Å². The largest absolute Gasteiger partial charge is 0.497 e. The van der Waals surface area contributed by atoms with Crippen LogP contribution in [0.5, 0.6) is 5.75 Å². The maximum atomic E-state index is 12.0. The number of hydrogen-bond acceptors (Lipinski definition) is 3. The monoisotopic (exact) mass is 233 g/mol. The van der Waals surface area contributed by atoms with E-state index in [-0.39, 0.29) is 17.4 Å². The molecule has 88 valence electrons. The van der Waals surface area contributed by atoms with E-state index in [1.165, 1.54) is 13.3 Å². The molecule has 5 heteroatoms. The lowest BCUT2D eigenvalue weighted by Gasteiger charge is -2.03. The van der Waals surface area contributed by atoms with Gasteiger partial charge in [-0.2, -0.15) is 0 Å². The third-order valence-electron chi connectivity index (χ3n) is 2.51. The van der Waals surface area contributed by atoms with E-state index < -0.39 is 5.97 Å². The van der Waals surface area contributed by atoms with E-state index in [9.17, 15) is 9.59 Å². The van der Waals surface area contributed by atoms with Crippen molar-refractivity contribution in [3.8, 4) is 5.75 Å². The molecule has 0 saturated heterocycles. The van der Waals surface area contributed by atoms with Crippen molar-refractivity contribution < 1.29 is 14.6 Å². The average Bonchev–Trinajstić information content (AvgIpc) is 2.32. The zero-order valence-electron chi connectivity index (χ0n) is 9.19. The minimum absolute atomic E-state index is 0.234. The molecule has 0 atom stereocenters. The molecule has 1 aromatic heterocycles. The molecule has 0 saturated carbocycles. The van der Waals surface area contributed by atoms with Gasteiger partial charge in [-0.25, -0.2) is 0 Å². The SMILES string of the molecule is COc1ccc2[nH]cc(CC(=O)O)c(=O)c2c1. The molecule has 0 aliphatic carbocycles. The number of carboxylic acids is 1. The number of H-pyrrole nitrogens is 1. The number of fused-ring (bicyclic) bond motifs is 1. The Balaban J connectivity index is 2.64. The number of hydrogen-bond donors (Lipinski definition) is 2. The summed E-state index contributed by atoms with van der Waals surface area (Å²) in [7, 11) is 1.51. The van der Waals surface area contributed by atoms with Gasteiger partial charge in [0.2, 0.25) is 0 Å². The van der Waals surface area contributed by atoms with Crippen molar-refractivity contribution in [1.29, 1.82) is 0 Å². The second-order valence-electron chi connectivity index (χ2n) is 3.63. The van der Waals surface area contributed by atoms with Crippen LogP contribution in [0.4, 0.5) is 0 Å². The van der Waals surface area contributed by atoms with Gasteiger partial charge in [-0.1, -0.05) is 0 Å². The molecule has 0 amide bonds. The van der Waals surface area contributed by atoms with Gasteiger partial charge < -0.3 is 14.8 Å². The van der Waals surface area contributed by atoms with Crippen LogP contribution < -0.4 is 10.2 Å². The molecule has 17 heavy (non-hydrogen) atoms. The van der Waals surface area contributed by atoms with Crippen molar-refractivity contribution in [1.82, 2.24) is 4.98 Å². The van der Waals surface area contributed by atoms with Gasteiger partial charge in [0.1, 0.15) is 5.75 Å². The number of rotatable bonds is 3. The van der Waals surface area contributed by atoms with E-state index in [1.807, 2.05) is 0 Å². The molecule has 1 aromatic carbocycles. The number of carbonyl (C=O) groups is 1. The van der Waals surface area contributed by atoms with E-state index in [2.05, 4.69) is 4.98 Å². The van der Waals surface area contributed by atoms with E-state index in [0.717, 1.165) is 0 Å². The quantitative estimate of drug-likeness (QED) is 0.833. The predicted octanol–water partition coefficient (Wildman–Crippen LogP) is 1.16. The molecule has 2 rings (SSSR count). The van der Waals surface area contributed by atoms with Crippen molar-refractivity contribution in [2.45, 2.75) is 6.42 Å². The third kappa shape index (κ3) is 2.13. The van der Waals surface area contributed by atoms with Crippen LogP contribution in [0.1, 0.15) is 5.56 Å². The summed E-state index contributed by atoms with van der Waals surface area (Å²) in [6.07, 6.45) is 1.15. The molecule has 0 radical (unpaired) electrons. The molecule has 0 aliphatic heterocycles. The van der Waals surface area contributed by atoms with Gasteiger partial charge in [0.05, 0.1) is 13.5 Å². The van der Waals surface area contributed by atoms with Gasteiger partial charge >= 0.3 is 5.97 Å². The number of nitrogens with one attached hydrogen (secondary N) is 1. The number of pyridine rings is 1. The average molecular weight is 233 g/mol. The lowest BCUT2D eigenvalue weighted by molar-refractivity contribution is -0.136. The summed E-state index contributed by atoms with van der Waals surface area (Å²) in [6, 6.07) is 5.05. The molecule has 0 spiro atoms. The summed E-state index contributed by atoms with van der Waals surface area (Å²) >= 11 is 0. The Morgan fingerprint density at radius 3 is 2.88 bits per heavy atom. The highest BCUT2D eigenvalue weighted by atomic mass is 16.5. The van der Waals surface area contributed by atoms with Crippen LogP contribution in [0.2, 0.25) is 0 Å². The van der Waals surface area contributed by atoms with Crippen LogP contribution in [0.15, 0.2) is 29.2 Å². The minimum Gasteiger partial charge on any atom is -0.497 e. The maximum Gasteiger partial charge on any atom is 0.308 e. The van der Waals surface area contributed by atoms with E-state index in [1.54, 1.807) is 18.2 Å². The first-order valence-electron chi connectivity index (χ1n) is 5.02. The molecule has 0 unspecified atom stereocenters. The zero-order valence-corrected chi connectivity index (χ0v) is 9.19. The molecular formula is C12H11NO4. The standard InChI is InChI=1S/C12H11NO4/c1-17-8-2-3-10-9(5-8)12(16)7(6-13-10)4-11(14)15/h2-3,5-6H,4H2,1H3,(H,13,16)(H,14,15). The molecule has 0 aliphatic rings. The van der Waals surface area contributed by atoms with Gasteiger partial charge in [0.15, 0.2) is 5.43 Å². The van der Waals surface area contributed by atoms with Crippen LogP contribution in [0.25, 0.3) is 10.9 Å². The molecule has 0 fully saturated rings. The van der Waals surface area contributed by atoms with Gasteiger partial charge in [-0.3, -0.25) is 9.59 Å². The van der Waals surface area contributed by atoms with Crippen molar-refractivity contribution in [2.24, 2.45) is 0 Å². The first-order chi connectivity index (χ1) is 8.11. The Kier molecular flexibility index (Phi) is 2.82. The van der Waals surface area contributed by atoms with Crippen LogP contribution in [0, 0.1) is 0 Å². The van der Waals surface area contributed by atoms with Crippen molar-refractivity contribution in [3.05, 3.63) is 40.2 Å². The summed E-state index contributed by atoms with van der Waals surface area (Å²) in [5, 5.41) is 9.12. The highest BCUT2D eigenvalue weighted by Gasteiger charge is 2.09. The molecule has 5 nitrogen and oxygen atoms in total. The fourth-order valence-corrected chi connectivity index (χ4v) is 1.66. The number of carboxylic acid groups (broad SMARTS) is 1. The summed E-state index contributed by atoms with van der Waals surface area (Å²) in [5.74, 6) is -0.465. The lowest BCUT2D eigenvalue weighted by atomic mass is 10.1. The summed E-state index contributed by atoms with van der Waals surface area (Å²) < 4.78 is 5.03. The molecule has 0 bridgehead atoms. The highest BCUT2D eigenvalue weighted by Crippen LogP contribution is 2.16. The summed E-state index contributed by atoms with van der Waals surface area (Å²) in [4.78, 5) is 25.5. The first kappa shape index (κ1) is 11.2. The van der Waals surface area contributed by atoms with Crippen molar-refractivity contribution in [2.75, 3.05) is 7.11 Å². The smallest absolute Gasteiger partial charge is 0.308 e. The summed E-state index contributed by atoms with van der Waals surface area (Å²) in [5.41, 5.74) is 0.614. The zero-order chi connectivity index (χ0) is 12.4. The molecule has 2 aromatic rings. The Morgan fingerprint density at radius 2 is 2.24 bits per heavy atom.